The van der Waals surface area contributed by atoms with Gasteiger partial charge < -0.3 is 5.32 Å². The van der Waals surface area contributed by atoms with E-state index in [1.807, 2.05) is 0 Å². The molecule has 1 unspecified atom stereocenters. The van der Waals surface area contributed by atoms with Crippen LogP contribution >= 0.6 is 15.9 Å². The van der Waals surface area contributed by atoms with E-state index in [-0.39, 0.29) is 0 Å². The van der Waals surface area contributed by atoms with Gasteiger partial charge in [0.05, 0.1) is 0 Å². The van der Waals surface area contributed by atoms with Gasteiger partial charge >= 0.3 is 0 Å². The number of aryl methyl sites for hydroxylation is 1. The number of benzene rings is 1. The monoisotopic (exact) mass is 267 g/mol. The van der Waals surface area contributed by atoms with Crippen molar-refractivity contribution in [1.82, 2.24) is 5.32 Å². The molecule has 1 aliphatic heterocycles. The Labute approximate surface area is 100 Å². The molecule has 0 saturated carbocycles. The highest BCUT2D eigenvalue weighted by Gasteiger charge is 2.13. The van der Waals surface area contributed by atoms with Crippen molar-refractivity contribution in [2.75, 3.05) is 13.1 Å². The first-order valence-corrected chi connectivity index (χ1v) is 6.50. The molecule has 1 aromatic rings. The van der Waals surface area contributed by atoms with E-state index < -0.39 is 0 Å². The van der Waals surface area contributed by atoms with E-state index in [1.54, 1.807) is 0 Å². The van der Waals surface area contributed by atoms with Gasteiger partial charge in [0.25, 0.3) is 0 Å². The Morgan fingerprint density at radius 2 is 2.27 bits per heavy atom. The molecule has 1 atom stereocenters. The summed E-state index contributed by atoms with van der Waals surface area (Å²) >= 11 is 3.56. The van der Waals surface area contributed by atoms with E-state index in [0.29, 0.717) is 0 Å². The molecule has 1 heterocycles. The molecule has 1 fully saturated rings. The van der Waals surface area contributed by atoms with Crippen LogP contribution in [0.5, 0.6) is 0 Å². The maximum atomic E-state index is 3.56. The minimum atomic E-state index is 0.826. The smallest absolute Gasteiger partial charge is 0.0180 e. The average molecular weight is 268 g/mol. The summed E-state index contributed by atoms with van der Waals surface area (Å²) in [6.45, 7) is 4.55. The standard InChI is InChI=1S/C13H18BrN/c1-10-5-12(8-13(14)6-10)7-11-3-2-4-15-9-11/h5-6,8,11,15H,2-4,7,9H2,1H3. The number of rotatable bonds is 2. The Hall–Kier alpha value is -0.340. The van der Waals surface area contributed by atoms with Gasteiger partial charge in [-0.25, -0.2) is 0 Å². The zero-order chi connectivity index (χ0) is 10.7. The van der Waals surface area contributed by atoms with E-state index in [9.17, 15) is 0 Å². The van der Waals surface area contributed by atoms with Gasteiger partial charge in [-0.05, 0) is 68.5 Å². The van der Waals surface area contributed by atoms with Crippen molar-refractivity contribution >= 4 is 15.9 Å². The molecular weight excluding hydrogens is 250 g/mol. The molecule has 0 spiro atoms. The number of piperidine rings is 1. The molecule has 0 aliphatic carbocycles. The summed E-state index contributed by atoms with van der Waals surface area (Å²) in [6, 6.07) is 6.73. The third kappa shape index (κ3) is 3.32. The molecule has 1 nitrogen and oxygen atoms in total. The first kappa shape index (κ1) is 11.2. The van der Waals surface area contributed by atoms with Gasteiger partial charge in [0.15, 0.2) is 0 Å². The average Bonchev–Trinajstić information content (AvgIpc) is 2.17. The number of halogens is 1. The summed E-state index contributed by atoms with van der Waals surface area (Å²) in [5.74, 6) is 0.826. The second-order valence-corrected chi connectivity index (χ2v) is 5.47. The van der Waals surface area contributed by atoms with Crippen LogP contribution in [0.2, 0.25) is 0 Å². The van der Waals surface area contributed by atoms with Crippen molar-refractivity contribution in [3.05, 3.63) is 33.8 Å². The number of hydrogen-bond acceptors (Lipinski definition) is 1. The molecule has 0 radical (unpaired) electrons. The highest BCUT2D eigenvalue weighted by molar-refractivity contribution is 9.10. The largest absolute Gasteiger partial charge is 0.316 e. The predicted molar refractivity (Wildman–Crippen MR) is 68.2 cm³/mol. The van der Waals surface area contributed by atoms with Gasteiger partial charge in [-0.1, -0.05) is 22.0 Å². The van der Waals surface area contributed by atoms with Gasteiger partial charge in [-0.15, -0.1) is 0 Å². The molecule has 82 valence electrons. The van der Waals surface area contributed by atoms with Crippen molar-refractivity contribution in [2.24, 2.45) is 5.92 Å². The summed E-state index contributed by atoms with van der Waals surface area (Å²) in [5.41, 5.74) is 2.82. The van der Waals surface area contributed by atoms with Crippen LogP contribution in [0.25, 0.3) is 0 Å². The first-order chi connectivity index (χ1) is 7.24. The van der Waals surface area contributed by atoms with Gasteiger partial charge in [-0.2, -0.15) is 0 Å². The maximum Gasteiger partial charge on any atom is 0.0180 e. The molecule has 0 aromatic heterocycles. The fraction of sp³-hybridized carbons (Fsp3) is 0.538. The second kappa shape index (κ2) is 5.13. The zero-order valence-electron chi connectivity index (χ0n) is 9.22. The third-order valence-corrected chi connectivity index (χ3v) is 3.48. The van der Waals surface area contributed by atoms with Crippen LogP contribution in [0.3, 0.4) is 0 Å². The van der Waals surface area contributed by atoms with E-state index in [0.717, 1.165) is 5.92 Å². The van der Waals surface area contributed by atoms with Gasteiger partial charge in [0, 0.05) is 4.47 Å². The minimum absolute atomic E-state index is 0.826. The van der Waals surface area contributed by atoms with E-state index in [2.05, 4.69) is 46.4 Å². The fourth-order valence-corrected chi connectivity index (χ4v) is 3.02. The molecule has 1 N–H and O–H groups in total. The predicted octanol–water partition coefficient (Wildman–Crippen LogP) is 3.30. The van der Waals surface area contributed by atoms with Crippen LogP contribution in [-0.2, 0) is 6.42 Å². The maximum absolute atomic E-state index is 3.56. The van der Waals surface area contributed by atoms with Crippen LogP contribution in [0.4, 0.5) is 0 Å². The zero-order valence-corrected chi connectivity index (χ0v) is 10.8. The van der Waals surface area contributed by atoms with Crippen molar-refractivity contribution < 1.29 is 0 Å². The topological polar surface area (TPSA) is 12.0 Å². The summed E-state index contributed by atoms with van der Waals surface area (Å²) < 4.78 is 1.21. The Morgan fingerprint density at radius 1 is 1.40 bits per heavy atom. The van der Waals surface area contributed by atoms with Gasteiger partial charge in [-0.3, -0.25) is 0 Å². The fourth-order valence-electron chi connectivity index (χ4n) is 2.36. The normalized spacial score (nSPS) is 21.6. The molecule has 2 rings (SSSR count). The summed E-state index contributed by atoms with van der Waals surface area (Å²) in [4.78, 5) is 0. The summed E-state index contributed by atoms with van der Waals surface area (Å²) in [5, 5.41) is 3.47. The summed E-state index contributed by atoms with van der Waals surface area (Å²) in [6.07, 6.45) is 3.92. The Morgan fingerprint density at radius 3 is 2.93 bits per heavy atom. The molecule has 0 bridgehead atoms. The van der Waals surface area contributed by atoms with Crippen LogP contribution in [0.1, 0.15) is 24.0 Å². The van der Waals surface area contributed by atoms with Crippen LogP contribution < -0.4 is 5.32 Å². The first-order valence-electron chi connectivity index (χ1n) is 5.71. The van der Waals surface area contributed by atoms with E-state index in [1.165, 1.54) is 48.0 Å². The van der Waals surface area contributed by atoms with Gasteiger partial charge in [0.2, 0.25) is 0 Å². The number of hydrogen-bond donors (Lipinski definition) is 1. The third-order valence-electron chi connectivity index (χ3n) is 3.03. The Bertz CT molecular complexity index is 309. The highest BCUT2D eigenvalue weighted by Crippen LogP contribution is 2.20. The Balaban J connectivity index is 2.02. The molecule has 1 saturated heterocycles. The van der Waals surface area contributed by atoms with Gasteiger partial charge in [0.1, 0.15) is 0 Å². The van der Waals surface area contributed by atoms with Crippen molar-refractivity contribution in [2.45, 2.75) is 26.2 Å². The van der Waals surface area contributed by atoms with Crippen LogP contribution in [-0.4, -0.2) is 13.1 Å². The van der Waals surface area contributed by atoms with Crippen molar-refractivity contribution in [3.8, 4) is 0 Å². The molecule has 1 aromatic carbocycles. The lowest BCUT2D eigenvalue weighted by Crippen LogP contribution is -2.30. The molecule has 1 aliphatic rings. The highest BCUT2D eigenvalue weighted by atomic mass is 79.9. The SMILES string of the molecule is Cc1cc(Br)cc(CC2CCCNC2)c1. The molecule has 2 heteroatoms. The van der Waals surface area contributed by atoms with Crippen molar-refractivity contribution in [1.29, 1.82) is 0 Å². The lowest BCUT2D eigenvalue weighted by molar-refractivity contribution is 0.376. The Kier molecular flexibility index (Phi) is 3.81. The number of nitrogens with one attached hydrogen (secondary N) is 1. The van der Waals surface area contributed by atoms with E-state index in [4.69, 9.17) is 0 Å². The van der Waals surface area contributed by atoms with Crippen LogP contribution in [0, 0.1) is 12.8 Å². The minimum Gasteiger partial charge on any atom is -0.316 e. The lowest BCUT2D eigenvalue weighted by Gasteiger charge is -2.22. The lowest BCUT2D eigenvalue weighted by atomic mass is 9.92. The molecule has 0 amide bonds. The van der Waals surface area contributed by atoms with E-state index >= 15 is 0 Å². The molecular formula is C13H18BrN. The molecule has 15 heavy (non-hydrogen) atoms. The second-order valence-electron chi connectivity index (χ2n) is 4.55. The summed E-state index contributed by atoms with van der Waals surface area (Å²) in [7, 11) is 0. The quantitative estimate of drug-likeness (QED) is 0.867. The van der Waals surface area contributed by atoms with Crippen LogP contribution in [0.15, 0.2) is 22.7 Å². The van der Waals surface area contributed by atoms with Crippen molar-refractivity contribution in [3.63, 3.8) is 0 Å².